The summed E-state index contributed by atoms with van der Waals surface area (Å²) in [5.74, 6) is -0.231. The van der Waals surface area contributed by atoms with Crippen LogP contribution >= 0.6 is 0 Å². The van der Waals surface area contributed by atoms with Crippen molar-refractivity contribution in [2.24, 2.45) is 12.5 Å². The molecular formula is C25H32N4O5. The fourth-order valence-electron chi connectivity index (χ4n) is 4.84. The number of carbonyl (C=O) groups is 2. The zero-order chi connectivity index (χ0) is 24.3. The highest BCUT2D eigenvalue weighted by molar-refractivity contribution is 5.90. The van der Waals surface area contributed by atoms with Gasteiger partial charge in [-0.2, -0.15) is 0 Å². The molecule has 9 heteroatoms. The van der Waals surface area contributed by atoms with Crippen molar-refractivity contribution in [2.45, 2.75) is 39.7 Å². The Morgan fingerprint density at radius 2 is 1.76 bits per heavy atom. The predicted octanol–water partition coefficient (Wildman–Crippen LogP) is 2.37. The number of anilines is 1. The van der Waals surface area contributed by atoms with Crippen LogP contribution in [0.25, 0.3) is 0 Å². The number of nitrogens with zero attached hydrogens (tertiary/aromatic N) is 4. The highest BCUT2D eigenvalue weighted by Gasteiger charge is 2.42. The van der Waals surface area contributed by atoms with E-state index in [0.717, 1.165) is 37.9 Å². The molecular weight excluding hydrogens is 436 g/mol. The van der Waals surface area contributed by atoms with Crippen molar-refractivity contribution in [2.75, 3.05) is 37.7 Å². The number of amides is 1. The van der Waals surface area contributed by atoms with E-state index in [9.17, 15) is 14.4 Å². The van der Waals surface area contributed by atoms with Gasteiger partial charge in [0.25, 0.3) is 5.56 Å². The van der Waals surface area contributed by atoms with Crippen molar-refractivity contribution in [3.05, 3.63) is 51.9 Å². The molecule has 0 saturated carbocycles. The molecule has 1 aromatic heterocycles. The first-order valence-corrected chi connectivity index (χ1v) is 11.8. The van der Waals surface area contributed by atoms with E-state index in [1.807, 2.05) is 40.1 Å². The molecule has 2 aliphatic heterocycles. The smallest absolute Gasteiger partial charge is 0.361 e. The van der Waals surface area contributed by atoms with Gasteiger partial charge in [0.2, 0.25) is 17.6 Å². The molecule has 0 radical (unpaired) electrons. The molecule has 34 heavy (non-hydrogen) atoms. The molecule has 0 bridgehead atoms. The van der Waals surface area contributed by atoms with Gasteiger partial charge in [0.05, 0.1) is 6.61 Å². The maximum atomic E-state index is 13.3. The lowest BCUT2D eigenvalue weighted by Gasteiger charge is -2.40. The fraction of sp³-hybridized carbons (Fsp3) is 0.520. The molecule has 0 aliphatic carbocycles. The number of ether oxygens (including phenoxy) is 2. The van der Waals surface area contributed by atoms with Crippen LogP contribution in [0.4, 0.5) is 5.95 Å². The average molecular weight is 469 g/mol. The maximum Gasteiger partial charge on any atom is 0.361 e. The zero-order valence-corrected chi connectivity index (χ0v) is 20.1. The van der Waals surface area contributed by atoms with Crippen LogP contribution in [-0.4, -0.2) is 59.1 Å². The Bertz CT molecular complexity index is 1110. The standard InChI is InChI=1S/C25H32N4O5/c1-4-33-23(32)20-21(34-16-19-8-6-5-7-9-19)22(31)27(3)24(26-20)28-13-10-25(11-14-28)12-15-29(17-25)18(2)30/h5-9H,4,10-17H2,1-3H3. The van der Waals surface area contributed by atoms with Gasteiger partial charge in [0, 0.05) is 40.2 Å². The molecule has 0 atom stereocenters. The van der Waals surface area contributed by atoms with Crippen LogP contribution in [0.15, 0.2) is 35.1 Å². The summed E-state index contributed by atoms with van der Waals surface area (Å²) in [7, 11) is 1.65. The van der Waals surface area contributed by atoms with Gasteiger partial charge in [-0.1, -0.05) is 30.3 Å². The molecule has 0 N–H and O–H groups in total. The maximum absolute atomic E-state index is 13.3. The van der Waals surface area contributed by atoms with Gasteiger partial charge in [-0.25, -0.2) is 9.78 Å². The highest BCUT2D eigenvalue weighted by atomic mass is 16.5. The van der Waals surface area contributed by atoms with Crippen molar-refractivity contribution >= 4 is 17.8 Å². The monoisotopic (exact) mass is 468 g/mol. The van der Waals surface area contributed by atoms with E-state index in [-0.39, 0.29) is 36.0 Å². The fourth-order valence-corrected chi connectivity index (χ4v) is 4.84. The van der Waals surface area contributed by atoms with E-state index in [1.54, 1.807) is 20.9 Å². The number of benzene rings is 1. The largest absolute Gasteiger partial charge is 0.481 e. The van der Waals surface area contributed by atoms with E-state index < -0.39 is 11.5 Å². The first kappa shape index (κ1) is 23.8. The summed E-state index contributed by atoms with van der Waals surface area (Å²) >= 11 is 0. The van der Waals surface area contributed by atoms with E-state index in [0.29, 0.717) is 19.0 Å². The van der Waals surface area contributed by atoms with E-state index >= 15 is 0 Å². The molecule has 1 aromatic carbocycles. The molecule has 2 aromatic rings. The SMILES string of the molecule is CCOC(=O)c1nc(N2CCC3(CCN(C(C)=O)C3)CC2)n(C)c(=O)c1OCc1ccccc1. The van der Waals surface area contributed by atoms with Crippen molar-refractivity contribution < 1.29 is 19.1 Å². The number of hydrogen-bond acceptors (Lipinski definition) is 7. The van der Waals surface area contributed by atoms with E-state index in [1.165, 1.54) is 4.57 Å². The van der Waals surface area contributed by atoms with Crippen LogP contribution < -0.4 is 15.2 Å². The Morgan fingerprint density at radius 3 is 2.38 bits per heavy atom. The molecule has 1 amide bonds. The minimum atomic E-state index is -0.675. The van der Waals surface area contributed by atoms with Gasteiger partial charge < -0.3 is 19.3 Å². The summed E-state index contributed by atoms with van der Waals surface area (Å²) in [6.07, 6.45) is 2.79. The van der Waals surface area contributed by atoms with Crippen LogP contribution in [0, 0.1) is 5.41 Å². The second-order valence-corrected chi connectivity index (χ2v) is 9.13. The van der Waals surface area contributed by atoms with Gasteiger partial charge in [-0.15, -0.1) is 0 Å². The summed E-state index contributed by atoms with van der Waals surface area (Å²) in [6, 6.07) is 9.43. The third-order valence-electron chi connectivity index (χ3n) is 6.91. The lowest BCUT2D eigenvalue weighted by Crippen LogP contribution is -2.44. The molecule has 4 rings (SSSR count). The summed E-state index contributed by atoms with van der Waals surface area (Å²) in [6.45, 7) is 6.60. The number of esters is 1. The first-order chi connectivity index (χ1) is 16.3. The Balaban J connectivity index is 1.58. The van der Waals surface area contributed by atoms with Gasteiger partial charge in [-0.05, 0) is 37.2 Å². The molecule has 3 heterocycles. The Hall–Kier alpha value is -3.36. The van der Waals surface area contributed by atoms with Gasteiger partial charge >= 0.3 is 5.97 Å². The van der Waals surface area contributed by atoms with Crippen LogP contribution in [0.1, 0.15) is 49.2 Å². The third kappa shape index (κ3) is 4.78. The van der Waals surface area contributed by atoms with Crippen LogP contribution in [0.5, 0.6) is 5.75 Å². The molecule has 2 saturated heterocycles. The van der Waals surface area contributed by atoms with Crippen molar-refractivity contribution in [1.29, 1.82) is 0 Å². The summed E-state index contributed by atoms with van der Waals surface area (Å²) in [5, 5.41) is 0. The third-order valence-corrected chi connectivity index (χ3v) is 6.91. The predicted molar refractivity (Wildman–Crippen MR) is 127 cm³/mol. The van der Waals surface area contributed by atoms with E-state index in [2.05, 4.69) is 4.98 Å². The number of likely N-dealkylation sites (tertiary alicyclic amines) is 1. The van der Waals surface area contributed by atoms with E-state index in [4.69, 9.17) is 9.47 Å². The molecule has 1 spiro atoms. The zero-order valence-electron chi connectivity index (χ0n) is 20.1. The molecule has 2 aliphatic rings. The van der Waals surface area contributed by atoms with Crippen LogP contribution in [0.3, 0.4) is 0 Å². The summed E-state index contributed by atoms with van der Waals surface area (Å²) in [4.78, 5) is 46.3. The van der Waals surface area contributed by atoms with Crippen molar-refractivity contribution in [3.8, 4) is 5.75 Å². The number of hydrogen-bond donors (Lipinski definition) is 0. The number of piperidine rings is 1. The lowest BCUT2D eigenvalue weighted by atomic mass is 9.78. The summed E-state index contributed by atoms with van der Waals surface area (Å²) < 4.78 is 12.4. The number of carbonyl (C=O) groups excluding carboxylic acids is 2. The minimum absolute atomic E-state index is 0.0974. The first-order valence-electron chi connectivity index (χ1n) is 11.8. The summed E-state index contributed by atoms with van der Waals surface area (Å²) in [5.41, 5.74) is 0.470. The van der Waals surface area contributed by atoms with Crippen molar-refractivity contribution in [3.63, 3.8) is 0 Å². The van der Waals surface area contributed by atoms with Gasteiger partial charge in [0.15, 0.2) is 5.69 Å². The number of rotatable bonds is 6. The van der Waals surface area contributed by atoms with Gasteiger partial charge in [0.1, 0.15) is 6.61 Å². The Labute approximate surface area is 199 Å². The lowest BCUT2D eigenvalue weighted by molar-refractivity contribution is -0.128. The minimum Gasteiger partial charge on any atom is -0.481 e. The topological polar surface area (TPSA) is 94.0 Å². The number of aromatic nitrogens is 2. The van der Waals surface area contributed by atoms with Crippen molar-refractivity contribution in [1.82, 2.24) is 14.5 Å². The normalized spacial score (nSPS) is 17.1. The second kappa shape index (κ2) is 9.87. The molecule has 2 fully saturated rings. The Kier molecular flexibility index (Phi) is 6.90. The van der Waals surface area contributed by atoms with Crippen LogP contribution in [-0.2, 0) is 23.2 Å². The molecule has 9 nitrogen and oxygen atoms in total. The second-order valence-electron chi connectivity index (χ2n) is 9.13. The molecule has 0 unspecified atom stereocenters. The average Bonchev–Trinajstić information content (AvgIpc) is 3.25. The Morgan fingerprint density at radius 1 is 1.09 bits per heavy atom. The quantitative estimate of drug-likeness (QED) is 0.601. The van der Waals surface area contributed by atoms with Gasteiger partial charge in [-0.3, -0.25) is 14.2 Å². The molecule has 182 valence electrons. The van der Waals surface area contributed by atoms with Crippen LogP contribution in [0.2, 0.25) is 0 Å². The highest BCUT2D eigenvalue weighted by Crippen LogP contribution is 2.41.